The topological polar surface area (TPSA) is 58.6 Å². The molecule has 1 heterocycles. The first-order chi connectivity index (χ1) is 9.97. The first-order valence-electron chi connectivity index (χ1n) is 7.23. The third kappa shape index (κ3) is 3.17. The highest BCUT2D eigenvalue weighted by atomic mass is 16.5. The number of amides is 2. The summed E-state index contributed by atoms with van der Waals surface area (Å²) in [6.07, 6.45) is 0.563. The molecule has 0 spiro atoms. The summed E-state index contributed by atoms with van der Waals surface area (Å²) < 4.78 is 5.43. The van der Waals surface area contributed by atoms with Gasteiger partial charge in [0.15, 0.2) is 0 Å². The molecule has 1 unspecified atom stereocenters. The minimum atomic E-state index is -0.938. The van der Waals surface area contributed by atoms with E-state index < -0.39 is 5.41 Å². The molecule has 5 nitrogen and oxygen atoms in total. The zero-order valence-electron chi connectivity index (χ0n) is 12.8. The number of likely N-dealkylation sites (tertiary alicyclic amines) is 1. The molecule has 1 aliphatic rings. The van der Waals surface area contributed by atoms with E-state index in [1.165, 1.54) is 0 Å². The number of hydrogen-bond acceptors (Lipinski definition) is 3. The molecule has 0 aromatic heterocycles. The highest BCUT2D eigenvalue weighted by Crippen LogP contribution is 2.30. The van der Waals surface area contributed by atoms with Crippen LogP contribution >= 0.6 is 0 Å². The van der Waals surface area contributed by atoms with Crippen LogP contribution < -0.4 is 10.1 Å². The van der Waals surface area contributed by atoms with Gasteiger partial charge >= 0.3 is 0 Å². The molecule has 0 aliphatic carbocycles. The summed E-state index contributed by atoms with van der Waals surface area (Å²) >= 11 is 0. The van der Waals surface area contributed by atoms with Gasteiger partial charge in [0.05, 0.1) is 6.61 Å². The average Bonchev–Trinajstić information content (AvgIpc) is 2.74. The van der Waals surface area contributed by atoms with Crippen LogP contribution in [0.4, 0.5) is 0 Å². The molecule has 0 saturated carbocycles. The SMILES string of the molecule is CCOc1cccc(CNC(=O)C2(C)CCN(C)C2=O)c1. The molecule has 1 fully saturated rings. The molecule has 5 heteroatoms. The van der Waals surface area contributed by atoms with E-state index in [1.807, 2.05) is 31.2 Å². The molecule has 114 valence electrons. The summed E-state index contributed by atoms with van der Waals surface area (Å²) in [4.78, 5) is 26.0. The Balaban J connectivity index is 1.98. The molecule has 2 rings (SSSR count). The van der Waals surface area contributed by atoms with Crippen LogP contribution in [0.1, 0.15) is 25.8 Å². The number of carbonyl (C=O) groups excluding carboxylic acids is 2. The maximum Gasteiger partial charge on any atom is 0.237 e. The summed E-state index contributed by atoms with van der Waals surface area (Å²) in [6.45, 7) is 5.27. The Morgan fingerprint density at radius 1 is 1.48 bits per heavy atom. The smallest absolute Gasteiger partial charge is 0.237 e. The Kier molecular flexibility index (Phi) is 4.50. The normalized spacial score (nSPS) is 21.5. The van der Waals surface area contributed by atoms with E-state index in [0.717, 1.165) is 11.3 Å². The van der Waals surface area contributed by atoms with E-state index in [2.05, 4.69) is 5.32 Å². The predicted molar refractivity (Wildman–Crippen MR) is 79.8 cm³/mol. The molecular formula is C16H22N2O3. The van der Waals surface area contributed by atoms with E-state index in [0.29, 0.717) is 26.1 Å². The first kappa shape index (κ1) is 15.4. The van der Waals surface area contributed by atoms with E-state index >= 15 is 0 Å². The second-order valence-electron chi connectivity index (χ2n) is 5.57. The van der Waals surface area contributed by atoms with Crippen molar-refractivity contribution in [2.45, 2.75) is 26.8 Å². The fourth-order valence-electron chi connectivity index (χ4n) is 2.52. The van der Waals surface area contributed by atoms with Crippen molar-refractivity contribution in [1.29, 1.82) is 0 Å². The molecular weight excluding hydrogens is 268 g/mol. The van der Waals surface area contributed by atoms with Gasteiger partial charge in [-0.3, -0.25) is 9.59 Å². The Morgan fingerprint density at radius 2 is 2.24 bits per heavy atom. The summed E-state index contributed by atoms with van der Waals surface area (Å²) in [5.74, 6) is 0.467. The largest absolute Gasteiger partial charge is 0.494 e. The lowest BCUT2D eigenvalue weighted by Gasteiger charge is -2.21. The van der Waals surface area contributed by atoms with Gasteiger partial charge in [-0.05, 0) is 38.0 Å². The van der Waals surface area contributed by atoms with Crippen LogP contribution in [0.25, 0.3) is 0 Å². The molecule has 1 saturated heterocycles. The van der Waals surface area contributed by atoms with Crippen molar-refractivity contribution in [3.05, 3.63) is 29.8 Å². The van der Waals surface area contributed by atoms with E-state index in [-0.39, 0.29) is 11.8 Å². The fraction of sp³-hybridized carbons (Fsp3) is 0.500. The van der Waals surface area contributed by atoms with E-state index in [1.54, 1.807) is 18.9 Å². The lowest BCUT2D eigenvalue weighted by Crippen LogP contribution is -2.43. The molecule has 2 amide bonds. The summed E-state index contributed by atoms with van der Waals surface area (Å²) in [5.41, 5.74) is 0.0171. The van der Waals surface area contributed by atoms with Crippen LogP contribution in [0.3, 0.4) is 0 Å². The predicted octanol–water partition coefficient (Wildman–Crippen LogP) is 1.57. The zero-order valence-corrected chi connectivity index (χ0v) is 12.8. The zero-order chi connectivity index (χ0) is 15.5. The van der Waals surface area contributed by atoms with Gasteiger partial charge in [-0.25, -0.2) is 0 Å². The van der Waals surface area contributed by atoms with Gasteiger partial charge in [0.25, 0.3) is 0 Å². The van der Waals surface area contributed by atoms with Gasteiger partial charge in [-0.1, -0.05) is 12.1 Å². The minimum Gasteiger partial charge on any atom is -0.494 e. The van der Waals surface area contributed by atoms with Gasteiger partial charge in [-0.15, -0.1) is 0 Å². The summed E-state index contributed by atoms with van der Waals surface area (Å²) in [7, 11) is 1.73. The Bertz CT molecular complexity index is 544. The quantitative estimate of drug-likeness (QED) is 0.837. The third-order valence-electron chi connectivity index (χ3n) is 3.93. The second-order valence-corrected chi connectivity index (χ2v) is 5.57. The number of nitrogens with zero attached hydrogens (tertiary/aromatic N) is 1. The maximum atomic E-state index is 12.3. The first-order valence-corrected chi connectivity index (χ1v) is 7.23. The highest BCUT2D eigenvalue weighted by Gasteiger charge is 2.47. The minimum absolute atomic E-state index is 0.108. The number of ether oxygens (including phenoxy) is 1. The van der Waals surface area contributed by atoms with Crippen LogP contribution in [0, 0.1) is 5.41 Å². The number of hydrogen-bond donors (Lipinski definition) is 1. The number of rotatable bonds is 5. The third-order valence-corrected chi connectivity index (χ3v) is 3.93. The number of carbonyl (C=O) groups is 2. The fourth-order valence-corrected chi connectivity index (χ4v) is 2.52. The van der Waals surface area contributed by atoms with Crippen molar-refractivity contribution >= 4 is 11.8 Å². The monoisotopic (exact) mass is 290 g/mol. The second kappa shape index (κ2) is 6.16. The van der Waals surface area contributed by atoms with Gasteiger partial charge in [0.2, 0.25) is 11.8 Å². The lowest BCUT2D eigenvalue weighted by atomic mass is 9.88. The Labute approximate surface area is 125 Å². The van der Waals surface area contributed by atoms with Gasteiger partial charge in [-0.2, -0.15) is 0 Å². The van der Waals surface area contributed by atoms with Crippen molar-refractivity contribution in [2.75, 3.05) is 20.2 Å². The molecule has 1 atom stereocenters. The van der Waals surface area contributed by atoms with Crippen LogP contribution in [0.2, 0.25) is 0 Å². The molecule has 1 N–H and O–H groups in total. The summed E-state index contributed by atoms with van der Waals surface area (Å²) in [6, 6.07) is 7.59. The van der Waals surface area contributed by atoms with Gasteiger partial charge < -0.3 is 15.0 Å². The van der Waals surface area contributed by atoms with Gasteiger partial charge in [0.1, 0.15) is 11.2 Å². The van der Waals surface area contributed by atoms with Crippen molar-refractivity contribution in [3.8, 4) is 5.75 Å². The van der Waals surface area contributed by atoms with Crippen molar-refractivity contribution < 1.29 is 14.3 Å². The Morgan fingerprint density at radius 3 is 2.86 bits per heavy atom. The molecule has 0 bridgehead atoms. The molecule has 1 aromatic carbocycles. The average molecular weight is 290 g/mol. The van der Waals surface area contributed by atoms with Gasteiger partial charge in [0, 0.05) is 20.1 Å². The number of nitrogens with one attached hydrogen (secondary N) is 1. The van der Waals surface area contributed by atoms with Crippen LogP contribution in [-0.4, -0.2) is 36.9 Å². The molecule has 21 heavy (non-hydrogen) atoms. The van der Waals surface area contributed by atoms with Crippen LogP contribution in [-0.2, 0) is 16.1 Å². The lowest BCUT2D eigenvalue weighted by molar-refractivity contribution is -0.143. The summed E-state index contributed by atoms with van der Waals surface area (Å²) in [5, 5.41) is 2.86. The number of benzene rings is 1. The molecule has 1 aromatic rings. The van der Waals surface area contributed by atoms with Crippen molar-refractivity contribution in [2.24, 2.45) is 5.41 Å². The van der Waals surface area contributed by atoms with Crippen LogP contribution in [0.15, 0.2) is 24.3 Å². The van der Waals surface area contributed by atoms with Crippen LogP contribution in [0.5, 0.6) is 5.75 Å². The van der Waals surface area contributed by atoms with E-state index in [4.69, 9.17) is 4.74 Å². The van der Waals surface area contributed by atoms with E-state index in [9.17, 15) is 9.59 Å². The molecule has 1 aliphatic heterocycles. The molecule has 0 radical (unpaired) electrons. The Hall–Kier alpha value is -2.04. The maximum absolute atomic E-state index is 12.3. The highest BCUT2D eigenvalue weighted by molar-refractivity contribution is 6.05. The standard InChI is InChI=1S/C16H22N2O3/c1-4-21-13-7-5-6-12(10-13)11-17-14(19)16(2)8-9-18(3)15(16)20/h5-7,10H,4,8-9,11H2,1-3H3,(H,17,19). The van der Waals surface area contributed by atoms with Crippen molar-refractivity contribution in [3.63, 3.8) is 0 Å². The van der Waals surface area contributed by atoms with Crippen molar-refractivity contribution in [1.82, 2.24) is 10.2 Å².